The van der Waals surface area contributed by atoms with E-state index in [0.717, 1.165) is 28.2 Å². The van der Waals surface area contributed by atoms with Crippen LogP contribution in [-0.2, 0) is 9.53 Å². The van der Waals surface area contributed by atoms with Crippen LogP contribution in [0.15, 0.2) is 71.9 Å². The van der Waals surface area contributed by atoms with Crippen LogP contribution in [-0.4, -0.2) is 40.2 Å². The van der Waals surface area contributed by atoms with Crippen molar-refractivity contribution >= 4 is 23.1 Å². The molecule has 0 saturated heterocycles. The SMILES string of the molecule is COC(=O)c1ccc([C@H]2Nc3ccccc3NC3=C2C(=O)C[C@H](c2cc(OC)c(OC)c(OC)c2)C3)cc1. The Bertz CT molecular complexity index is 1390. The van der Waals surface area contributed by atoms with Crippen LogP contribution in [0.1, 0.15) is 46.3 Å². The maximum Gasteiger partial charge on any atom is 0.337 e. The molecule has 8 nitrogen and oxygen atoms in total. The number of fused-ring (bicyclic) bond motifs is 1. The van der Waals surface area contributed by atoms with Gasteiger partial charge < -0.3 is 29.6 Å². The standard InChI is InChI=1S/C30H30N2O6/c1-35-25-15-20(16-26(36-2)29(25)37-3)19-13-23-27(24(33)14-19)28(32-22-8-6-5-7-21(22)31-23)17-9-11-18(12-10-17)30(34)38-4/h5-12,15-16,19,28,31-32H,13-14H2,1-4H3/t19-,28-/m1/s1. The molecule has 1 heterocycles. The van der Waals surface area contributed by atoms with Gasteiger partial charge in [0.15, 0.2) is 17.3 Å². The molecular formula is C30H30N2O6. The summed E-state index contributed by atoms with van der Waals surface area (Å²) in [6.07, 6.45) is 0.945. The van der Waals surface area contributed by atoms with Gasteiger partial charge in [-0.05, 0) is 59.9 Å². The third kappa shape index (κ3) is 4.53. The molecule has 0 fully saturated rings. The van der Waals surface area contributed by atoms with Gasteiger partial charge in [-0.15, -0.1) is 0 Å². The summed E-state index contributed by atoms with van der Waals surface area (Å²) < 4.78 is 21.4. The topological polar surface area (TPSA) is 95.1 Å². The van der Waals surface area contributed by atoms with E-state index in [9.17, 15) is 9.59 Å². The van der Waals surface area contributed by atoms with Crippen molar-refractivity contribution in [2.24, 2.45) is 0 Å². The molecular weight excluding hydrogens is 484 g/mol. The molecule has 2 aliphatic rings. The van der Waals surface area contributed by atoms with Gasteiger partial charge in [0.2, 0.25) is 5.75 Å². The van der Waals surface area contributed by atoms with E-state index >= 15 is 0 Å². The van der Waals surface area contributed by atoms with Crippen molar-refractivity contribution in [1.82, 2.24) is 0 Å². The molecule has 196 valence electrons. The lowest BCUT2D eigenvalue weighted by Gasteiger charge is -2.30. The number of rotatable bonds is 6. The zero-order valence-corrected chi connectivity index (χ0v) is 21.8. The van der Waals surface area contributed by atoms with Crippen LogP contribution in [0.3, 0.4) is 0 Å². The van der Waals surface area contributed by atoms with Crippen molar-refractivity contribution in [1.29, 1.82) is 0 Å². The molecule has 1 aliphatic heterocycles. The first kappa shape index (κ1) is 25.2. The minimum atomic E-state index is -0.403. The Morgan fingerprint density at radius 3 is 2.08 bits per heavy atom. The van der Waals surface area contributed by atoms with Crippen LogP contribution in [0.25, 0.3) is 0 Å². The molecule has 2 atom stereocenters. The van der Waals surface area contributed by atoms with E-state index in [1.807, 2.05) is 48.5 Å². The summed E-state index contributed by atoms with van der Waals surface area (Å²) in [7, 11) is 6.09. The molecule has 0 spiro atoms. The summed E-state index contributed by atoms with van der Waals surface area (Å²) in [6.45, 7) is 0. The number of ketones is 1. The Morgan fingerprint density at radius 1 is 0.816 bits per heavy atom. The van der Waals surface area contributed by atoms with Crippen molar-refractivity contribution in [3.63, 3.8) is 0 Å². The van der Waals surface area contributed by atoms with Crippen LogP contribution in [0.2, 0.25) is 0 Å². The Morgan fingerprint density at radius 2 is 1.47 bits per heavy atom. The van der Waals surface area contributed by atoms with E-state index in [2.05, 4.69) is 10.6 Å². The van der Waals surface area contributed by atoms with Crippen molar-refractivity contribution < 1.29 is 28.5 Å². The van der Waals surface area contributed by atoms with Gasteiger partial charge >= 0.3 is 5.97 Å². The van der Waals surface area contributed by atoms with Gasteiger partial charge in [-0.2, -0.15) is 0 Å². The minimum Gasteiger partial charge on any atom is -0.493 e. The fourth-order valence-electron chi connectivity index (χ4n) is 5.24. The molecule has 0 aromatic heterocycles. The van der Waals surface area contributed by atoms with Crippen LogP contribution in [0.5, 0.6) is 17.2 Å². The van der Waals surface area contributed by atoms with Crippen LogP contribution < -0.4 is 24.8 Å². The van der Waals surface area contributed by atoms with Gasteiger partial charge in [0.05, 0.1) is 51.4 Å². The molecule has 0 radical (unpaired) electrons. The van der Waals surface area contributed by atoms with Gasteiger partial charge in [0.25, 0.3) is 0 Å². The molecule has 0 amide bonds. The fraction of sp³-hybridized carbons (Fsp3) is 0.267. The lowest BCUT2D eigenvalue weighted by molar-refractivity contribution is -0.116. The summed E-state index contributed by atoms with van der Waals surface area (Å²) in [6, 6.07) is 18.5. The third-order valence-corrected chi connectivity index (χ3v) is 7.13. The largest absolute Gasteiger partial charge is 0.493 e. The normalized spacial score (nSPS) is 18.3. The van der Waals surface area contributed by atoms with Crippen LogP contribution in [0, 0.1) is 0 Å². The second-order valence-electron chi connectivity index (χ2n) is 9.24. The molecule has 3 aromatic carbocycles. The molecule has 3 aromatic rings. The van der Waals surface area contributed by atoms with Crippen molar-refractivity contribution in [3.8, 4) is 17.2 Å². The van der Waals surface area contributed by atoms with Gasteiger partial charge in [-0.25, -0.2) is 4.79 Å². The van der Waals surface area contributed by atoms with E-state index in [-0.39, 0.29) is 17.7 Å². The maximum absolute atomic E-state index is 13.9. The van der Waals surface area contributed by atoms with E-state index in [4.69, 9.17) is 18.9 Å². The molecule has 2 N–H and O–H groups in total. The number of hydrogen-bond donors (Lipinski definition) is 2. The summed E-state index contributed by atoms with van der Waals surface area (Å²) >= 11 is 0. The summed E-state index contributed by atoms with van der Waals surface area (Å²) in [4.78, 5) is 25.8. The van der Waals surface area contributed by atoms with E-state index < -0.39 is 5.97 Å². The lowest BCUT2D eigenvalue weighted by atomic mass is 9.78. The van der Waals surface area contributed by atoms with Gasteiger partial charge in [-0.3, -0.25) is 4.79 Å². The number of Topliss-reactive ketones (excluding diaryl/α,β-unsaturated/α-hetero) is 1. The zero-order valence-electron chi connectivity index (χ0n) is 21.8. The number of benzene rings is 3. The summed E-state index contributed by atoms with van der Waals surface area (Å²) in [5.41, 5.74) is 5.60. The summed E-state index contributed by atoms with van der Waals surface area (Å²) in [5.74, 6) is 1.17. The van der Waals surface area contributed by atoms with Crippen molar-refractivity contribution in [2.75, 3.05) is 39.1 Å². The van der Waals surface area contributed by atoms with Gasteiger partial charge in [-0.1, -0.05) is 24.3 Å². The third-order valence-electron chi connectivity index (χ3n) is 7.13. The number of carbonyl (C=O) groups excluding carboxylic acids is 2. The van der Waals surface area contributed by atoms with Crippen LogP contribution >= 0.6 is 0 Å². The first-order valence-corrected chi connectivity index (χ1v) is 12.3. The number of methoxy groups -OCH3 is 4. The number of nitrogens with one attached hydrogen (secondary N) is 2. The Hall–Kier alpha value is -4.46. The number of allylic oxidation sites excluding steroid dienone is 1. The predicted octanol–water partition coefficient (Wildman–Crippen LogP) is 5.48. The highest BCUT2D eigenvalue weighted by atomic mass is 16.5. The number of hydrogen-bond acceptors (Lipinski definition) is 8. The maximum atomic E-state index is 13.9. The smallest absolute Gasteiger partial charge is 0.337 e. The average molecular weight is 515 g/mol. The Labute approximate surface area is 221 Å². The number of ether oxygens (including phenoxy) is 4. The molecule has 5 rings (SSSR count). The number of esters is 1. The quantitative estimate of drug-likeness (QED) is 0.418. The van der Waals surface area contributed by atoms with E-state index in [0.29, 0.717) is 41.2 Å². The highest BCUT2D eigenvalue weighted by Crippen LogP contribution is 2.47. The highest BCUT2D eigenvalue weighted by Gasteiger charge is 2.36. The van der Waals surface area contributed by atoms with Gasteiger partial charge in [0, 0.05) is 17.7 Å². The Kier molecular flexibility index (Phi) is 6.96. The molecule has 1 aliphatic carbocycles. The minimum absolute atomic E-state index is 0.0415. The lowest BCUT2D eigenvalue weighted by Crippen LogP contribution is -2.27. The molecule has 0 saturated carbocycles. The molecule has 0 bridgehead atoms. The highest BCUT2D eigenvalue weighted by molar-refractivity contribution is 6.01. The molecule has 38 heavy (non-hydrogen) atoms. The number of carbonyl (C=O) groups is 2. The number of anilines is 2. The fourth-order valence-corrected chi connectivity index (χ4v) is 5.24. The second-order valence-corrected chi connectivity index (χ2v) is 9.24. The predicted molar refractivity (Wildman–Crippen MR) is 144 cm³/mol. The summed E-state index contributed by atoms with van der Waals surface area (Å²) in [5, 5.41) is 7.11. The van der Waals surface area contributed by atoms with E-state index in [1.54, 1.807) is 33.5 Å². The monoisotopic (exact) mass is 514 g/mol. The van der Waals surface area contributed by atoms with Gasteiger partial charge in [0.1, 0.15) is 0 Å². The zero-order chi connectivity index (χ0) is 26.8. The van der Waals surface area contributed by atoms with Crippen molar-refractivity contribution in [2.45, 2.75) is 24.8 Å². The second kappa shape index (κ2) is 10.5. The molecule has 0 unspecified atom stereocenters. The van der Waals surface area contributed by atoms with Crippen LogP contribution in [0.4, 0.5) is 11.4 Å². The molecule has 8 heteroatoms. The number of para-hydroxylation sites is 2. The Balaban J connectivity index is 1.57. The van der Waals surface area contributed by atoms with Crippen molar-refractivity contribution in [3.05, 3.63) is 88.6 Å². The first-order chi connectivity index (χ1) is 18.5. The van der Waals surface area contributed by atoms with E-state index in [1.165, 1.54) is 7.11 Å². The first-order valence-electron chi connectivity index (χ1n) is 12.3. The average Bonchev–Trinajstić information content (AvgIpc) is 3.13.